The number of nitrogens with zero attached hydrogens (tertiary/aromatic N) is 4. The Labute approximate surface area is 247 Å². The number of rotatable bonds is 5. The van der Waals surface area contributed by atoms with Crippen LogP contribution in [0.1, 0.15) is 74.4 Å². The zero-order chi connectivity index (χ0) is 30.3. The number of benzene rings is 2. The average Bonchev–Trinajstić information content (AvgIpc) is 3.65. The quantitative estimate of drug-likeness (QED) is 0.284. The van der Waals surface area contributed by atoms with Crippen molar-refractivity contribution in [1.82, 2.24) is 19.3 Å². The number of carbonyl (C=O) groups is 1. The highest BCUT2D eigenvalue weighted by Gasteiger charge is 2.49. The highest BCUT2D eigenvalue weighted by Crippen LogP contribution is 2.55. The zero-order valence-electron chi connectivity index (χ0n) is 24.4. The van der Waals surface area contributed by atoms with E-state index in [9.17, 15) is 18.0 Å². The number of nitrogen functional groups attached to an aromatic ring is 1. The molecule has 1 saturated carbocycles. The summed E-state index contributed by atoms with van der Waals surface area (Å²) >= 11 is 0. The van der Waals surface area contributed by atoms with Crippen molar-refractivity contribution in [1.29, 1.82) is 0 Å². The van der Waals surface area contributed by atoms with Gasteiger partial charge in [0.2, 0.25) is 5.91 Å². The van der Waals surface area contributed by atoms with Crippen LogP contribution in [0.2, 0.25) is 0 Å². The Bertz CT molecular complexity index is 1760. The van der Waals surface area contributed by atoms with Gasteiger partial charge in [0, 0.05) is 47.3 Å². The number of methoxy groups -OCH3 is 1. The van der Waals surface area contributed by atoms with Crippen molar-refractivity contribution >= 4 is 17.2 Å². The second kappa shape index (κ2) is 9.46. The summed E-state index contributed by atoms with van der Waals surface area (Å²) in [6.07, 6.45) is 3.29. The lowest BCUT2D eigenvalue weighted by atomic mass is 9.86. The molecule has 0 unspecified atom stereocenters. The number of nitrogens with two attached hydrogens (primary N) is 1. The Morgan fingerprint density at radius 2 is 1.84 bits per heavy atom. The van der Waals surface area contributed by atoms with Gasteiger partial charge in [-0.05, 0) is 61.4 Å². The number of imidazole rings is 1. The van der Waals surface area contributed by atoms with Gasteiger partial charge < -0.3 is 15.4 Å². The van der Waals surface area contributed by atoms with Crippen LogP contribution >= 0.6 is 0 Å². The number of hydrogen-bond donors (Lipinski definition) is 1. The third-order valence-electron chi connectivity index (χ3n) is 9.77. The van der Waals surface area contributed by atoms with Gasteiger partial charge >= 0.3 is 6.18 Å². The van der Waals surface area contributed by atoms with Gasteiger partial charge in [0.15, 0.2) is 0 Å². The van der Waals surface area contributed by atoms with Crippen LogP contribution in [0.15, 0.2) is 54.9 Å². The fraction of sp³-hybridized carbons (Fsp3) is 0.424. The fourth-order valence-electron chi connectivity index (χ4n) is 7.37. The van der Waals surface area contributed by atoms with Gasteiger partial charge in [-0.15, -0.1) is 0 Å². The minimum absolute atomic E-state index is 0.0260. The molecule has 1 amide bonds. The molecule has 10 heteroatoms. The van der Waals surface area contributed by atoms with Crippen LogP contribution in [0.5, 0.6) is 5.75 Å². The molecule has 2 N–H and O–H groups in total. The van der Waals surface area contributed by atoms with E-state index in [1.807, 2.05) is 47.5 Å². The average molecular weight is 590 g/mol. The van der Waals surface area contributed by atoms with Crippen LogP contribution in [0, 0.1) is 5.41 Å². The van der Waals surface area contributed by atoms with Gasteiger partial charge in [-0.2, -0.15) is 13.2 Å². The maximum absolute atomic E-state index is 13.5. The van der Waals surface area contributed by atoms with Crippen LogP contribution in [-0.2, 0) is 16.4 Å². The highest BCUT2D eigenvalue weighted by atomic mass is 19.4. The third kappa shape index (κ3) is 4.36. The molecule has 3 fully saturated rings. The summed E-state index contributed by atoms with van der Waals surface area (Å²) in [6.45, 7) is 4.64. The number of ether oxygens (including phenoxy) is 1. The smallest absolute Gasteiger partial charge is 0.416 e. The van der Waals surface area contributed by atoms with Crippen LogP contribution in [-0.4, -0.2) is 44.9 Å². The first-order valence-electron chi connectivity index (χ1n) is 14.7. The molecule has 43 heavy (non-hydrogen) atoms. The van der Waals surface area contributed by atoms with Crippen LogP contribution < -0.4 is 10.5 Å². The molecule has 4 aromatic rings. The first-order chi connectivity index (χ1) is 20.4. The molecule has 1 aliphatic carbocycles. The summed E-state index contributed by atoms with van der Waals surface area (Å²) in [7, 11) is 1.58. The third-order valence-corrected chi connectivity index (χ3v) is 9.77. The predicted octanol–water partition coefficient (Wildman–Crippen LogP) is 6.59. The number of aromatic nitrogens is 3. The summed E-state index contributed by atoms with van der Waals surface area (Å²) < 4.78 is 48.3. The number of anilines is 1. The SMILES string of the molecule is COc1cc(C2(c3cccc(C(F)(F)F)c3)CC2)ccc1-c1nc([C@@H]2CC[C@H]3CC(C)(C)C(=O)N3C2)n2ccnc(N)c12. The summed E-state index contributed by atoms with van der Waals surface area (Å²) in [5.41, 5.74) is 8.51. The Kier molecular flexibility index (Phi) is 6.10. The molecule has 0 bridgehead atoms. The lowest BCUT2D eigenvalue weighted by Crippen LogP contribution is -2.42. The van der Waals surface area contributed by atoms with Gasteiger partial charge in [0.25, 0.3) is 0 Å². The molecule has 224 valence electrons. The van der Waals surface area contributed by atoms with Crippen molar-refractivity contribution < 1.29 is 22.7 Å². The molecular formula is C33H34F3N5O2. The number of piperidine rings is 1. The standard InChI is InChI=1S/C33H34F3N5O2/c1-31(2)17-23-9-7-19(18-41(23)30(31)42)29-39-26(27-28(37)38-13-14-40(27)29)24-10-8-21(16-25(24)43-3)32(11-12-32)20-5-4-6-22(15-20)33(34,35)36/h4-6,8,10,13-16,19,23H,7,9,11-12,17-18H2,1-3H3,(H2,37,38)/t19-,23+/m1/s1. The number of halogens is 3. The monoisotopic (exact) mass is 589 g/mol. The lowest BCUT2D eigenvalue weighted by Gasteiger charge is -2.34. The molecule has 0 spiro atoms. The topological polar surface area (TPSA) is 85.8 Å². The van der Waals surface area contributed by atoms with Crippen molar-refractivity contribution in [3.8, 4) is 17.0 Å². The van der Waals surface area contributed by atoms with Crippen molar-refractivity contribution in [2.75, 3.05) is 19.4 Å². The number of carbonyl (C=O) groups excluding carboxylic acids is 1. The van der Waals surface area contributed by atoms with Crippen LogP contribution in [0.4, 0.5) is 19.0 Å². The molecule has 2 aromatic heterocycles. The molecule has 0 radical (unpaired) electrons. The minimum Gasteiger partial charge on any atom is -0.496 e. The number of fused-ring (bicyclic) bond motifs is 2. The van der Waals surface area contributed by atoms with E-state index >= 15 is 0 Å². The maximum Gasteiger partial charge on any atom is 0.416 e. The van der Waals surface area contributed by atoms with Crippen molar-refractivity contribution in [3.05, 3.63) is 77.4 Å². The second-order valence-electron chi connectivity index (χ2n) is 12.9. The molecule has 2 aromatic carbocycles. The Morgan fingerprint density at radius 1 is 1.07 bits per heavy atom. The van der Waals surface area contributed by atoms with Gasteiger partial charge in [-0.3, -0.25) is 9.20 Å². The van der Waals surface area contributed by atoms with E-state index in [0.29, 0.717) is 34.9 Å². The van der Waals surface area contributed by atoms with Crippen molar-refractivity contribution in [2.45, 2.75) is 69.5 Å². The van der Waals surface area contributed by atoms with E-state index in [4.69, 9.17) is 15.5 Å². The van der Waals surface area contributed by atoms with E-state index in [2.05, 4.69) is 4.98 Å². The molecule has 3 aliphatic rings. The first kappa shape index (κ1) is 27.7. The summed E-state index contributed by atoms with van der Waals surface area (Å²) in [5, 5.41) is 0. The number of amides is 1. The first-order valence-corrected chi connectivity index (χ1v) is 14.7. The Morgan fingerprint density at radius 3 is 2.56 bits per heavy atom. The van der Waals surface area contributed by atoms with E-state index in [-0.39, 0.29) is 23.3 Å². The van der Waals surface area contributed by atoms with Crippen molar-refractivity contribution in [2.24, 2.45) is 5.41 Å². The van der Waals surface area contributed by atoms with Crippen LogP contribution in [0.25, 0.3) is 16.8 Å². The number of alkyl halides is 3. The normalized spacial score (nSPS) is 22.6. The minimum atomic E-state index is -4.40. The van der Waals surface area contributed by atoms with Gasteiger partial charge in [-0.25, -0.2) is 9.97 Å². The molecule has 7 rings (SSSR count). The van der Waals surface area contributed by atoms with E-state index in [1.165, 1.54) is 12.1 Å². The largest absolute Gasteiger partial charge is 0.496 e. The van der Waals surface area contributed by atoms with E-state index in [0.717, 1.165) is 55.1 Å². The molecule has 4 heterocycles. The van der Waals surface area contributed by atoms with Gasteiger partial charge in [0.1, 0.15) is 28.6 Å². The molecule has 2 saturated heterocycles. The van der Waals surface area contributed by atoms with Crippen LogP contribution in [0.3, 0.4) is 0 Å². The summed E-state index contributed by atoms with van der Waals surface area (Å²) in [4.78, 5) is 24.7. The highest BCUT2D eigenvalue weighted by molar-refractivity contribution is 5.88. The van der Waals surface area contributed by atoms with Crippen molar-refractivity contribution in [3.63, 3.8) is 0 Å². The summed E-state index contributed by atoms with van der Waals surface area (Å²) in [6, 6.07) is 11.7. The van der Waals surface area contributed by atoms with E-state index < -0.39 is 17.2 Å². The van der Waals surface area contributed by atoms with Gasteiger partial charge in [-0.1, -0.05) is 38.1 Å². The Hall–Kier alpha value is -4.08. The molecule has 7 nitrogen and oxygen atoms in total. The Balaban J connectivity index is 1.28. The second-order valence-corrected chi connectivity index (χ2v) is 12.9. The molecule has 2 atom stereocenters. The lowest BCUT2D eigenvalue weighted by molar-refractivity contribution is -0.138. The molecule has 2 aliphatic heterocycles. The molecular weight excluding hydrogens is 555 g/mol. The fourth-order valence-corrected chi connectivity index (χ4v) is 7.37. The zero-order valence-corrected chi connectivity index (χ0v) is 24.4. The summed E-state index contributed by atoms with van der Waals surface area (Å²) in [5.74, 6) is 1.93. The maximum atomic E-state index is 13.5. The van der Waals surface area contributed by atoms with E-state index in [1.54, 1.807) is 19.4 Å². The number of hydrogen-bond acceptors (Lipinski definition) is 5. The van der Waals surface area contributed by atoms with Gasteiger partial charge in [0.05, 0.1) is 12.7 Å². The predicted molar refractivity (Wildman–Crippen MR) is 157 cm³/mol.